The van der Waals surface area contributed by atoms with Crippen LogP contribution in [0.3, 0.4) is 0 Å². The molecule has 2 N–H and O–H groups in total. The Bertz CT molecular complexity index is 708. The van der Waals surface area contributed by atoms with Crippen LogP contribution in [0.15, 0.2) is 48.5 Å². The second-order valence-electron chi connectivity index (χ2n) is 4.29. The number of benzene rings is 2. The van der Waals surface area contributed by atoms with Gasteiger partial charge in [0, 0.05) is 10.6 Å². The Balaban J connectivity index is 2.02. The highest BCUT2D eigenvalue weighted by atomic mass is 35.5. The first-order valence-electron chi connectivity index (χ1n) is 6.37. The summed E-state index contributed by atoms with van der Waals surface area (Å²) in [6.07, 6.45) is 0. The molecule has 23 heavy (non-hydrogen) atoms. The highest BCUT2D eigenvalue weighted by Crippen LogP contribution is 2.25. The molecule has 3 amide bonds. The number of imide groups is 1. The monoisotopic (exact) mass is 340 g/mol. The molecule has 0 aliphatic carbocycles. The van der Waals surface area contributed by atoms with Crippen molar-refractivity contribution in [2.75, 3.05) is 5.32 Å². The van der Waals surface area contributed by atoms with E-state index >= 15 is 0 Å². The van der Waals surface area contributed by atoms with Crippen LogP contribution in [-0.2, 0) is 0 Å². The second-order valence-corrected chi connectivity index (χ2v) is 4.73. The van der Waals surface area contributed by atoms with Gasteiger partial charge in [0.25, 0.3) is 5.91 Å². The SMILES string of the molecule is O=C(NC(=O)c1ccc(Cl)cc1)Nc1ccccc1OC(F)F. The first-order valence-corrected chi connectivity index (χ1v) is 6.75. The van der Waals surface area contributed by atoms with Crippen LogP contribution in [0.1, 0.15) is 10.4 Å². The maximum atomic E-state index is 12.3. The number of carbonyl (C=O) groups is 2. The molecule has 0 spiro atoms. The van der Waals surface area contributed by atoms with Gasteiger partial charge in [-0.1, -0.05) is 23.7 Å². The molecule has 0 aromatic heterocycles. The quantitative estimate of drug-likeness (QED) is 0.887. The Morgan fingerprint density at radius 1 is 1.04 bits per heavy atom. The zero-order chi connectivity index (χ0) is 16.8. The van der Waals surface area contributed by atoms with Crippen LogP contribution in [0.4, 0.5) is 19.3 Å². The summed E-state index contributed by atoms with van der Waals surface area (Å²) >= 11 is 5.70. The molecule has 8 heteroatoms. The van der Waals surface area contributed by atoms with Gasteiger partial charge in [0.15, 0.2) is 0 Å². The number of ether oxygens (including phenoxy) is 1. The summed E-state index contributed by atoms with van der Waals surface area (Å²) in [5.74, 6) is -0.872. The normalized spacial score (nSPS) is 10.3. The Kier molecular flexibility index (Phi) is 5.48. The Morgan fingerprint density at radius 3 is 2.35 bits per heavy atom. The molecule has 0 aliphatic heterocycles. The molecule has 0 saturated carbocycles. The third-order valence-corrected chi connectivity index (χ3v) is 2.94. The molecule has 0 unspecified atom stereocenters. The number of para-hydroxylation sites is 2. The molecule has 0 radical (unpaired) electrons. The maximum absolute atomic E-state index is 12.3. The number of alkyl halides is 2. The van der Waals surface area contributed by atoms with E-state index in [1.165, 1.54) is 48.5 Å². The number of carbonyl (C=O) groups excluding carboxylic acids is 2. The van der Waals surface area contributed by atoms with Crippen molar-refractivity contribution in [3.8, 4) is 5.75 Å². The second kappa shape index (κ2) is 7.55. The summed E-state index contributed by atoms with van der Waals surface area (Å²) in [7, 11) is 0. The van der Waals surface area contributed by atoms with Crippen molar-refractivity contribution >= 4 is 29.2 Å². The van der Waals surface area contributed by atoms with Gasteiger partial charge in [-0.05, 0) is 36.4 Å². The molecule has 2 aromatic carbocycles. The number of rotatable bonds is 4. The first-order chi connectivity index (χ1) is 11.0. The van der Waals surface area contributed by atoms with E-state index in [1.54, 1.807) is 0 Å². The fourth-order valence-electron chi connectivity index (χ4n) is 1.70. The maximum Gasteiger partial charge on any atom is 0.387 e. The van der Waals surface area contributed by atoms with Crippen LogP contribution >= 0.6 is 11.6 Å². The molecule has 120 valence electrons. The molecule has 0 aliphatic rings. The zero-order valence-corrected chi connectivity index (χ0v) is 12.3. The van der Waals surface area contributed by atoms with E-state index in [0.717, 1.165) is 0 Å². The first kappa shape index (κ1) is 16.7. The van der Waals surface area contributed by atoms with E-state index in [-0.39, 0.29) is 17.0 Å². The third-order valence-electron chi connectivity index (χ3n) is 2.68. The molecule has 2 aromatic rings. The average molecular weight is 341 g/mol. The van der Waals surface area contributed by atoms with Gasteiger partial charge in [-0.15, -0.1) is 0 Å². The van der Waals surface area contributed by atoms with E-state index in [0.29, 0.717) is 5.02 Å². The molecular formula is C15H11ClF2N2O3. The Labute approximate surface area is 135 Å². The van der Waals surface area contributed by atoms with Gasteiger partial charge in [0.1, 0.15) is 5.75 Å². The summed E-state index contributed by atoms with van der Waals surface area (Å²) in [6.45, 7) is -3.03. The average Bonchev–Trinajstić information content (AvgIpc) is 2.49. The predicted octanol–water partition coefficient (Wildman–Crippen LogP) is 3.90. The smallest absolute Gasteiger partial charge is 0.387 e. The van der Waals surface area contributed by atoms with Gasteiger partial charge in [-0.25, -0.2) is 4.79 Å². The van der Waals surface area contributed by atoms with E-state index < -0.39 is 18.5 Å². The topological polar surface area (TPSA) is 67.4 Å². The lowest BCUT2D eigenvalue weighted by atomic mass is 10.2. The number of halogens is 3. The summed E-state index contributed by atoms with van der Waals surface area (Å²) in [5, 5.41) is 4.79. The number of urea groups is 1. The van der Waals surface area contributed by atoms with Gasteiger partial charge in [-0.3, -0.25) is 10.1 Å². The van der Waals surface area contributed by atoms with Gasteiger partial charge in [0.05, 0.1) is 5.69 Å². The summed E-state index contributed by atoms with van der Waals surface area (Å²) in [4.78, 5) is 23.6. The lowest BCUT2D eigenvalue weighted by Gasteiger charge is -2.12. The number of amides is 3. The van der Waals surface area contributed by atoms with Gasteiger partial charge < -0.3 is 10.1 Å². The van der Waals surface area contributed by atoms with Crippen LogP contribution in [0, 0.1) is 0 Å². The fraction of sp³-hybridized carbons (Fsp3) is 0.0667. The number of hydrogen-bond acceptors (Lipinski definition) is 3. The third kappa shape index (κ3) is 4.93. The van der Waals surface area contributed by atoms with Crippen LogP contribution in [0.5, 0.6) is 5.75 Å². The van der Waals surface area contributed by atoms with Crippen molar-refractivity contribution in [3.63, 3.8) is 0 Å². The van der Waals surface area contributed by atoms with E-state index in [2.05, 4.69) is 15.4 Å². The van der Waals surface area contributed by atoms with Crippen molar-refractivity contribution in [1.82, 2.24) is 5.32 Å². The minimum atomic E-state index is -3.03. The number of hydrogen-bond donors (Lipinski definition) is 2. The van der Waals surface area contributed by atoms with Crippen LogP contribution in [0.25, 0.3) is 0 Å². The van der Waals surface area contributed by atoms with Crippen molar-refractivity contribution in [3.05, 3.63) is 59.1 Å². The molecule has 2 rings (SSSR count). The zero-order valence-electron chi connectivity index (χ0n) is 11.6. The molecule has 0 heterocycles. The summed E-state index contributed by atoms with van der Waals surface area (Å²) < 4.78 is 28.8. The molecule has 0 bridgehead atoms. The molecular weight excluding hydrogens is 330 g/mol. The number of nitrogens with one attached hydrogen (secondary N) is 2. The summed E-state index contributed by atoms with van der Waals surface area (Å²) in [6, 6.07) is 10.6. The summed E-state index contributed by atoms with van der Waals surface area (Å²) in [5.41, 5.74) is 0.232. The lowest BCUT2D eigenvalue weighted by molar-refractivity contribution is -0.0493. The highest BCUT2D eigenvalue weighted by molar-refractivity contribution is 6.30. The van der Waals surface area contributed by atoms with Gasteiger partial charge in [0.2, 0.25) is 0 Å². The van der Waals surface area contributed by atoms with Gasteiger partial charge in [-0.2, -0.15) is 8.78 Å². The Morgan fingerprint density at radius 2 is 1.70 bits per heavy atom. The Hall–Kier alpha value is -2.67. The molecule has 0 atom stereocenters. The van der Waals surface area contributed by atoms with Crippen molar-refractivity contribution < 1.29 is 23.1 Å². The van der Waals surface area contributed by atoms with E-state index in [4.69, 9.17) is 11.6 Å². The van der Waals surface area contributed by atoms with Crippen molar-refractivity contribution in [1.29, 1.82) is 0 Å². The molecule has 0 fully saturated rings. The number of anilines is 1. The van der Waals surface area contributed by atoms with Crippen LogP contribution in [0.2, 0.25) is 5.02 Å². The van der Waals surface area contributed by atoms with Crippen molar-refractivity contribution in [2.45, 2.75) is 6.61 Å². The largest absolute Gasteiger partial charge is 0.433 e. The van der Waals surface area contributed by atoms with Crippen LogP contribution in [-0.4, -0.2) is 18.5 Å². The van der Waals surface area contributed by atoms with E-state index in [1.807, 2.05) is 0 Å². The molecule has 5 nitrogen and oxygen atoms in total. The molecule has 0 saturated heterocycles. The minimum Gasteiger partial charge on any atom is -0.433 e. The highest BCUT2D eigenvalue weighted by Gasteiger charge is 2.14. The van der Waals surface area contributed by atoms with Crippen LogP contribution < -0.4 is 15.4 Å². The van der Waals surface area contributed by atoms with Gasteiger partial charge >= 0.3 is 12.6 Å². The van der Waals surface area contributed by atoms with E-state index in [9.17, 15) is 18.4 Å². The lowest BCUT2D eigenvalue weighted by Crippen LogP contribution is -2.34. The standard InChI is InChI=1S/C15H11ClF2N2O3/c16-10-7-5-9(6-8-10)13(21)20-15(22)19-11-3-1-2-4-12(11)23-14(17)18/h1-8,14H,(H2,19,20,21,22). The van der Waals surface area contributed by atoms with Crippen molar-refractivity contribution in [2.24, 2.45) is 0 Å². The fourth-order valence-corrected chi connectivity index (χ4v) is 1.82. The minimum absolute atomic E-state index is 0.00852. The predicted molar refractivity (Wildman–Crippen MR) is 81.0 cm³/mol.